The molecule has 0 saturated carbocycles. The average Bonchev–Trinajstić information content (AvgIpc) is 3.14. The second-order valence-electron chi connectivity index (χ2n) is 5.61. The first-order chi connectivity index (χ1) is 12.8. The van der Waals surface area contributed by atoms with Crippen LogP contribution in [-0.4, -0.2) is 28.7 Å². The molecule has 0 spiro atoms. The number of fused-ring (bicyclic) bond motifs is 1. The van der Waals surface area contributed by atoms with Gasteiger partial charge < -0.3 is 14.2 Å². The van der Waals surface area contributed by atoms with E-state index in [2.05, 4.69) is 10.2 Å². The van der Waals surface area contributed by atoms with E-state index in [0.29, 0.717) is 23.3 Å². The summed E-state index contributed by atoms with van der Waals surface area (Å²) in [5.74, 6) is 1.60. The highest BCUT2D eigenvalue weighted by Gasteiger charge is 2.18. The molecule has 0 saturated heterocycles. The van der Waals surface area contributed by atoms with Crippen LogP contribution >= 0.6 is 11.8 Å². The third kappa shape index (κ3) is 3.25. The van der Waals surface area contributed by atoms with Crippen LogP contribution in [0.3, 0.4) is 0 Å². The maximum Gasteiger partial charge on any atom is 0.196 e. The molecule has 0 radical (unpaired) electrons. The smallest absolute Gasteiger partial charge is 0.196 e. The number of ether oxygens (including phenoxy) is 3. The molecule has 0 amide bonds. The maximum atomic E-state index is 13.9. The zero-order valence-electron chi connectivity index (χ0n) is 14.0. The predicted molar refractivity (Wildman–Crippen MR) is 94.2 cm³/mol. The molecule has 2 heterocycles. The van der Waals surface area contributed by atoms with Crippen LogP contribution in [0.5, 0.6) is 11.5 Å². The number of thioether (sulfide) groups is 1. The normalized spacial score (nSPS) is 13.2. The van der Waals surface area contributed by atoms with Crippen molar-refractivity contribution in [3.8, 4) is 17.2 Å². The second kappa shape index (κ2) is 7.35. The molecule has 1 aliphatic rings. The molecule has 134 valence electrons. The van der Waals surface area contributed by atoms with Crippen molar-refractivity contribution in [2.75, 3.05) is 13.9 Å². The first kappa shape index (κ1) is 16.9. The minimum atomic E-state index is -0.306. The Hall–Kier alpha value is -2.58. The summed E-state index contributed by atoms with van der Waals surface area (Å²) in [6, 6.07) is 10.6. The van der Waals surface area contributed by atoms with Gasteiger partial charge in [-0.15, -0.1) is 10.2 Å². The lowest BCUT2D eigenvalue weighted by molar-refractivity contribution is -0.0171. The van der Waals surface area contributed by atoms with E-state index in [0.717, 1.165) is 22.6 Å². The van der Waals surface area contributed by atoms with E-state index < -0.39 is 0 Å². The van der Waals surface area contributed by atoms with E-state index in [1.807, 2.05) is 28.8 Å². The number of methoxy groups -OCH3 is 1. The molecule has 0 atom stereocenters. The summed E-state index contributed by atoms with van der Waals surface area (Å²) >= 11 is 1.45. The van der Waals surface area contributed by atoms with Gasteiger partial charge in [0, 0.05) is 16.9 Å². The lowest BCUT2D eigenvalue weighted by Crippen LogP contribution is -2.13. The fourth-order valence-electron chi connectivity index (χ4n) is 2.82. The highest BCUT2D eigenvalue weighted by molar-refractivity contribution is 7.98. The molecule has 0 N–H and O–H groups in total. The molecule has 8 heteroatoms. The molecule has 26 heavy (non-hydrogen) atoms. The summed E-state index contributed by atoms with van der Waals surface area (Å²) in [7, 11) is 1.62. The van der Waals surface area contributed by atoms with E-state index in [1.54, 1.807) is 13.4 Å². The Kier molecular flexibility index (Phi) is 4.77. The summed E-state index contributed by atoms with van der Waals surface area (Å²) in [4.78, 5) is 0. The minimum Gasteiger partial charge on any atom is -0.495 e. The summed E-state index contributed by atoms with van der Waals surface area (Å²) in [6.45, 7) is 0.524. The topological polar surface area (TPSA) is 58.4 Å². The van der Waals surface area contributed by atoms with E-state index in [1.165, 1.54) is 23.9 Å². The first-order valence-electron chi connectivity index (χ1n) is 7.94. The molecular weight excluding hydrogens is 357 g/mol. The fraction of sp³-hybridized carbons (Fsp3) is 0.222. The lowest BCUT2D eigenvalue weighted by Gasteiger charge is -2.20. The van der Waals surface area contributed by atoms with E-state index >= 15 is 0 Å². The quantitative estimate of drug-likeness (QED) is 0.637. The Labute approximate surface area is 153 Å². The zero-order valence-corrected chi connectivity index (χ0v) is 14.8. The Morgan fingerprint density at radius 1 is 1.31 bits per heavy atom. The van der Waals surface area contributed by atoms with Gasteiger partial charge in [-0.2, -0.15) is 0 Å². The molecule has 1 aliphatic heterocycles. The number of para-hydroxylation sites is 2. The van der Waals surface area contributed by atoms with Crippen LogP contribution in [0.2, 0.25) is 0 Å². The Bertz CT molecular complexity index is 932. The Morgan fingerprint density at radius 3 is 3.08 bits per heavy atom. The van der Waals surface area contributed by atoms with Crippen LogP contribution in [0.25, 0.3) is 5.69 Å². The van der Waals surface area contributed by atoms with Gasteiger partial charge in [-0.3, -0.25) is 4.57 Å². The maximum absolute atomic E-state index is 13.9. The van der Waals surface area contributed by atoms with Gasteiger partial charge in [0.15, 0.2) is 11.9 Å². The molecule has 0 bridgehead atoms. The van der Waals surface area contributed by atoms with Crippen molar-refractivity contribution in [2.24, 2.45) is 0 Å². The molecule has 0 unspecified atom stereocenters. The van der Waals surface area contributed by atoms with Gasteiger partial charge in [-0.25, -0.2) is 4.39 Å². The van der Waals surface area contributed by atoms with Gasteiger partial charge in [0.25, 0.3) is 0 Å². The SMILES string of the molecule is COc1ccccc1-n1cnnc1SCc1cc(F)cc2c1OCOC2. The Balaban J connectivity index is 1.61. The predicted octanol–water partition coefficient (Wildman–Crippen LogP) is 3.57. The van der Waals surface area contributed by atoms with Crippen molar-refractivity contribution in [1.29, 1.82) is 0 Å². The van der Waals surface area contributed by atoms with Crippen LogP contribution in [0, 0.1) is 5.82 Å². The molecule has 2 aromatic carbocycles. The van der Waals surface area contributed by atoms with Crippen LogP contribution in [0.1, 0.15) is 11.1 Å². The highest BCUT2D eigenvalue weighted by Crippen LogP contribution is 2.34. The van der Waals surface area contributed by atoms with Crippen LogP contribution in [0.15, 0.2) is 47.9 Å². The van der Waals surface area contributed by atoms with Gasteiger partial charge >= 0.3 is 0 Å². The molecule has 1 aromatic heterocycles. The summed E-state index contributed by atoms with van der Waals surface area (Å²) in [5.41, 5.74) is 2.33. The van der Waals surface area contributed by atoms with Crippen molar-refractivity contribution >= 4 is 11.8 Å². The third-order valence-electron chi connectivity index (χ3n) is 3.97. The monoisotopic (exact) mass is 373 g/mol. The summed E-state index contributed by atoms with van der Waals surface area (Å²) in [5, 5.41) is 8.86. The van der Waals surface area contributed by atoms with E-state index in [-0.39, 0.29) is 12.6 Å². The number of halogens is 1. The van der Waals surface area contributed by atoms with Crippen LogP contribution < -0.4 is 9.47 Å². The van der Waals surface area contributed by atoms with Gasteiger partial charge in [-0.05, 0) is 24.3 Å². The van der Waals surface area contributed by atoms with Crippen molar-refractivity contribution in [3.05, 3.63) is 59.7 Å². The standard InChI is InChI=1S/C18H16FN3O3S/c1-23-16-5-3-2-4-15(16)22-10-20-21-18(22)26-9-13-7-14(19)6-12-8-24-11-25-17(12)13/h2-7,10H,8-9,11H2,1H3. The number of hydrogen-bond acceptors (Lipinski definition) is 6. The zero-order chi connectivity index (χ0) is 17.9. The molecule has 0 fully saturated rings. The van der Waals surface area contributed by atoms with Gasteiger partial charge in [0.05, 0.1) is 19.4 Å². The van der Waals surface area contributed by atoms with E-state index in [9.17, 15) is 4.39 Å². The first-order valence-corrected chi connectivity index (χ1v) is 8.93. The van der Waals surface area contributed by atoms with Gasteiger partial charge in [0.1, 0.15) is 23.6 Å². The van der Waals surface area contributed by atoms with Crippen molar-refractivity contribution in [3.63, 3.8) is 0 Å². The van der Waals surface area contributed by atoms with Gasteiger partial charge in [-0.1, -0.05) is 23.9 Å². The van der Waals surface area contributed by atoms with E-state index in [4.69, 9.17) is 14.2 Å². The third-order valence-corrected chi connectivity index (χ3v) is 4.96. The summed E-state index contributed by atoms with van der Waals surface area (Å²) in [6.07, 6.45) is 1.63. The van der Waals surface area contributed by atoms with Crippen molar-refractivity contribution < 1.29 is 18.6 Å². The number of nitrogens with zero attached hydrogens (tertiary/aromatic N) is 3. The molecule has 3 aromatic rings. The average molecular weight is 373 g/mol. The van der Waals surface area contributed by atoms with Crippen LogP contribution in [0.4, 0.5) is 4.39 Å². The molecule has 4 rings (SSSR count). The minimum absolute atomic E-state index is 0.174. The molecular formula is C18H16FN3O3S. The molecule has 0 aliphatic carbocycles. The van der Waals surface area contributed by atoms with Crippen molar-refractivity contribution in [2.45, 2.75) is 17.5 Å². The molecule has 6 nitrogen and oxygen atoms in total. The largest absolute Gasteiger partial charge is 0.495 e. The van der Waals surface area contributed by atoms with Crippen molar-refractivity contribution in [1.82, 2.24) is 14.8 Å². The number of rotatable bonds is 5. The number of aromatic nitrogens is 3. The van der Waals surface area contributed by atoms with Gasteiger partial charge in [0.2, 0.25) is 0 Å². The second-order valence-corrected chi connectivity index (χ2v) is 6.55. The lowest BCUT2D eigenvalue weighted by atomic mass is 10.1. The highest BCUT2D eigenvalue weighted by atomic mass is 32.2. The summed E-state index contributed by atoms with van der Waals surface area (Å²) < 4.78 is 31.9. The van der Waals surface area contributed by atoms with Crippen LogP contribution in [-0.2, 0) is 17.1 Å². The number of hydrogen-bond donors (Lipinski definition) is 0. The number of benzene rings is 2. The Morgan fingerprint density at radius 2 is 2.19 bits per heavy atom. The fourth-order valence-corrected chi connectivity index (χ4v) is 3.71.